The minimum absolute atomic E-state index is 0.00777. The molecule has 214 valence electrons. The standard InChI is InChI=1S/C31H28ClFN6O3/c32-30-35-28(29(36-37-30)42-26-7-6-22(33)12-21(26)17-40)39-18-31(19-39)13-23(14-31)41-27-8-10-34-25-9-11-38(16-24(25)27)15-20-4-2-1-3-5-20/h1-8,10,12,17,23H,9,11,13-16,18-19H2. The molecule has 4 heterocycles. The topological polar surface area (TPSA) is 93.6 Å². The van der Waals surface area contributed by atoms with Crippen LogP contribution in [0.1, 0.15) is 40.0 Å². The van der Waals surface area contributed by atoms with Crippen molar-refractivity contribution in [3.05, 3.63) is 94.3 Å². The van der Waals surface area contributed by atoms with Crippen molar-refractivity contribution in [1.82, 2.24) is 25.1 Å². The second kappa shape index (κ2) is 10.9. The number of anilines is 1. The molecule has 0 unspecified atom stereocenters. The highest BCUT2D eigenvalue weighted by Crippen LogP contribution is 2.52. The molecule has 2 aromatic heterocycles. The highest BCUT2D eigenvalue weighted by molar-refractivity contribution is 6.28. The van der Waals surface area contributed by atoms with Crippen molar-refractivity contribution in [2.24, 2.45) is 5.41 Å². The van der Waals surface area contributed by atoms with Gasteiger partial charge in [0.2, 0.25) is 5.28 Å². The quantitative estimate of drug-likeness (QED) is 0.256. The molecule has 3 aliphatic rings. The van der Waals surface area contributed by atoms with Gasteiger partial charge in [0, 0.05) is 62.0 Å². The van der Waals surface area contributed by atoms with Crippen LogP contribution in [0.3, 0.4) is 0 Å². The molecule has 7 rings (SSSR count). The molecule has 0 radical (unpaired) electrons. The Morgan fingerprint density at radius 3 is 2.71 bits per heavy atom. The molecule has 0 bridgehead atoms. The number of aldehydes is 1. The number of hydrogen-bond donors (Lipinski definition) is 0. The van der Waals surface area contributed by atoms with Crippen LogP contribution in [-0.2, 0) is 19.5 Å². The summed E-state index contributed by atoms with van der Waals surface area (Å²) in [6.07, 6.45) is 5.26. The van der Waals surface area contributed by atoms with Crippen molar-refractivity contribution in [3.8, 4) is 17.4 Å². The Bertz CT molecular complexity index is 1630. The van der Waals surface area contributed by atoms with Gasteiger partial charge in [-0.3, -0.25) is 14.7 Å². The van der Waals surface area contributed by atoms with E-state index in [4.69, 9.17) is 21.1 Å². The number of ether oxygens (including phenoxy) is 2. The molecule has 4 aromatic rings. The van der Waals surface area contributed by atoms with E-state index in [1.54, 1.807) is 0 Å². The number of aromatic nitrogens is 4. The van der Waals surface area contributed by atoms with Crippen molar-refractivity contribution in [3.63, 3.8) is 0 Å². The zero-order chi connectivity index (χ0) is 28.7. The van der Waals surface area contributed by atoms with Gasteiger partial charge in [-0.1, -0.05) is 30.3 Å². The molecule has 0 amide bonds. The third-order valence-electron chi connectivity index (χ3n) is 8.28. The molecule has 1 aliphatic carbocycles. The lowest BCUT2D eigenvalue weighted by atomic mass is 9.61. The molecule has 2 fully saturated rings. The lowest BCUT2D eigenvalue weighted by Gasteiger charge is -2.58. The molecule has 0 N–H and O–H groups in total. The van der Waals surface area contributed by atoms with Gasteiger partial charge in [-0.05, 0) is 54.3 Å². The van der Waals surface area contributed by atoms with E-state index in [0.29, 0.717) is 12.1 Å². The highest BCUT2D eigenvalue weighted by Gasteiger charge is 2.54. The largest absolute Gasteiger partial charge is 0.490 e. The van der Waals surface area contributed by atoms with Gasteiger partial charge in [-0.2, -0.15) is 4.98 Å². The third-order valence-corrected chi connectivity index (χ3v) is 8.44. The van der Waals surface area contributed by atoms with Crippen LogP contribution in [0.2, 0.25) is 5.28 Å². The second-order valence-corrected chi connectivity index (χ2v) is 11.6. The number of carbonyl (C=O) groups excluding carboxylic acids is 1. The van der Waals surface area contributed by atoms with Crippen molar-refractivity contribution in [2.45, 2.75) is 38.5 Å². The van der Waals surface area contributed by atoms with Crippen LogP contribution in [0.5, 0.6) is 17.4 Å². The summed E-state index contributed by atoms with van der Waals surface area (Å²) < 4.78 is 26.0. The Morgan fingerprint density at radius 2 is 1.90 bits per heavy atom. The molecule has 0 atom stereocenters. The lowest BCUT2D eigenvalue weighted by molar-refractivity contribution is -0.0353. The van der Waals surface area contributed by atoms with Crippen LogP contribution in [0.15, 0.2) is 60.8 Å². The number of carbonyl (C=O) groups is 1. The van der Waals surface area contributed by atoms with Crippen LogP contribution in [-0.4, -0.2) is 57.1 Å². The Hall–Kier alpha value is -4.15. The zero-order valence-electron chi connectivity index (χ0n) is 22.7. The Morgan fingerprint density at radius 1 is 1.07 bits per heavy atom. The van der Waals surface area contributed by atoms with Gasteiger partial charge in [0.05, 0.1) is 5.56 Å². The first-order valence-corrected chi connectivity index (χ1v) is 14.3. The normalized spacial score (nSPS) is 17.7. The summed E-state index contributed by atoms with van der Waals surface area (Å²) in [5.74, 6) is 1.11. The summed E-state index contributed by atoms with van der Waals surface area (Å²) >= 11 is 6.07. The molecular weight excluding hydrogens is 559 g/mol. The second-order valence-electron chi connectivity index (χ2n) is 11.3. The minimum atomic E-state index is -0.534. The maximum Gasteiger partial charge on any atom is 0.282 e. The predicted molar refractivity (Wildman–Crippen MR) is 153 cm³/mol. The van der Waals surface area contributed by atoms with Gasteiger partial charge in [-0.15, -0.1) is 10.2 Å². The number of hydrogen-bond acceptors (Lipinski definition) is 9. The Kier molecular flexibility index (Phi) is 6.95. The van der Waals surface area contributed by atoms with E-state index < -0.39 is 5.82 Å². The van der Waals surface area contributed by atoms with Crippen molar-refractivity contribution < 1.29 is 18.7 Å². The van der Waals surface area contributed by atoms with E-state index in [1.807, 2.05) is 23.2 Å². The fourth-order valence-electron chi connectivity index (χ4n) is 6.26. The summed E-state index contributed by atoms with van der Waals surface area (Å²) in [4.78, 5) is 24.9. The fraction of sp³-hybridized carbons (Fsp3) is 0.323. The van der Waals surface area contributed by atoms with Gasteiger partial charge in [0.1, 0.15) is 23.4 Å². The molecule has 2 aromatic carbocycles. The predicted octanol–water partition coefficient (Wildman–Crippen LogP) is 5.27. The van der Waals surface area contributed by atoms with E-state index in [1.165, 1.54) is 23.3 Å². The summed E-state index contributed by atoms with van der Waals surface area (Å²) in [5, 5.41) is 7.85. The maximum absolute atomic E-state index is 13.6. The molecule has 1 spiro atoms. The smallest absolute Gasteiger partial charge is 0.282 e. The van der Waals surface area contributed by atoms with Crippen molar-refractivity contribution in [2.75, 3.05) is 24.5 Å². The molecule has 11 heteroatoms. The summed E-state index contributed by atoms with van der Waals surface area (Å²) in [7, 11) is 0. The summed E-state index contributed by atoms with van der Waals surface area (Å²) in [6, 6.07) is 16.2. The van der Waals surface area contributed by atoms with Crippen molar-refractivity contribution in [1.29, 1.82) is 0 Å². The number of benzene rings is 2. The van der Waals surface area contributed by atoms with Gasteiger partial charge in [-0.25, -0.2) is 4.39 Å². The lowest BCUT2D eigenvalue weighted by Crippen LogP contribution is -2.65. The molecule has 1 saturated heterocycles. The summed E-state index contributed by atoms with van der Waals surface area (Å²) in [6.45, 7) is 4.18. The van der Waals surface area contributed by atoms with E-state index in [0.717, 1.165) is 69.5 Å². The SMILES string of the molecule is O=Cc1cc(F)ccc1Oc1nnc(Cl)nc1N1CC2(CC(Oc3ccnc4c3CN(Cc3ccccc3)CC4)C2)C1. The number of pyridine rings is 1. The van der Waals surface area contributed by atoms with Crippen LogP contribution in [0.25, 0.3) is 0 Å². The van der Waals surface area contributed by atoms with Gasteiger partial charge >= 0.3 is 0 Å². The monoisotopic (exact) mass is 586 g/mol. The van der Waals surface area contributed by atoms with Crippen LogP contribution in [0, 0.1) is 11.2 Å². The molecule has 1 saturated carbocycles. The van der Waals surface area contributed by atoms with Gasteiger partial charge < -0.3 is 14.4 Å². The van der Waals surface area contributed by atoms with Crippen molar-refractivity contribution >= 4 is 23.7 Å². The highest BCUT2D eigenvalue weighted by atomic mass is 35.5. The molecule has 2 aliphatic heterocycles. The van der Waals surface area contributed by atoms with E-state index in [9.17, 15) is 9.18 Å². The van der Waals surface area contributed by atoms with Crippen LogP contribution in [0.4, 0.5) is 10.2 Å². The van der Waals surface area contributed by atoms with Gasteiger partial charge in [0.15, 0.2) is 12.1 Å². The number of rotatable bonds is 8. The molecular formula is C31H28ClFN6O3. The van der Waals surface area contributed by atoms with Gasteiger partial charge in [0.25, 0.3) is 5.88 Å². The first kappa shape index (κ1) is 26.7. The van der Waals surface area contributed by atoms with E-state index >= 15 is 0 Å². The Balaban J connectivity index is 0.991. The average molecular weight is 587 g/mol. The number of nitrogens with zero attached hydrogens (tertiary/aromatic N) is 6. The first-order valence-electron chi connectivity index (χ1n) is 13.9. The maximum atomic E-state index is 13.6. The average Bonchev–Trinajstić information content (AvgIpc) is 2.96. The molecule has 9 nitrogen and oxygen atoms in total. The van der Waals surface area contributed by atoms with Crippen LogP contribution >= 0.6 is 11.6 Å². The third kappa shape index (κ3) is 5.28. The zero-order valence-corrected chi connectivity index (χ0v) is 23.5. The first-order chi connectivity index (χ1) is 20.5. The fourth-order valence-corrected chi connectivity index (χ4v) is 6.38. The van der Waals surface area contributed by atoms with E-state index in [2.05, 4.69) is 49.3 Å². The Labute approximate surface area is 247 Å². The minimum Gasteiger partial charge on any atom is -0.490 e. The van der Waals surface area contributed by atoms with Crippen LogP contribution < -0.4 is 14.4 Å². The molecule has 42 heavy (non-hydrogen) atoms. The number of fused-ring (bicyclic) bond motifs is 1. The van der Waals surface area contributed by atoms with E-state index in [-0.39, 0.29) is 34.0 Å². The number of halogens is 2. The summed E-state index contributed by atoms with van der Waals surface area (Å²) in [5.41, 5.74) is 3.79.